The molecule has 0 atom stereocenters. The molecule has 0 aliphatic heterocycles. The van der Waals surface area contributed by atoms with Crippen LogP contribution in [0, 0.1) is 0 Å². The highest BCUT2D eigenvalue weighted by molar-refractivity contribution is 5.87. The van der Waals surface area contributed by atoms with E-state index in [1.165, 1.54) is 44.3 Å². The molecule has 0 bridgehead atoms. The lowest BCUT2D eigenvalue weighted by molar-refractivity contribution is 1.10. The lowest BCUT2D eigenvalue weighted by Crippen LogP contribution is -2.16. The van der Waals surface area contributed by atoms with Gasteiger partial charge in [-0.25, -0.2) is 0 Å². The number of nitrogens with zero attached hydrogens (tertiary/aromatic N) is 2. The minimum absolute atomic E-state index is 0.709. The molecule has 0 aliphatic rings. The Morgan fingerprint density at radius 2 is 0.980 bits per heavy atom. The first-order valence-electron chi connectivity index (χ1n) is 17.1. The van der Waals surface area contributed by atoms with Crippen LogP contribution in [-0.2, 0) is 0 Å². The van der Waals surface area contributed by atoms with Crippen molar-refractivity contribution >= 4 is 39.1 Å². The van der Waals surface area contributed by atoms with E-state index < -0.39 is 0 Å². The molecule has 50 heavy (non-hydrogen) atoms. The number of fused-ring (bicyclic) bond motifs is 1. The molecule has 0 unspecified atom stereocenters. The Balaban J connectivity index is 1.13. The second-order valence-electron chi connectivity index (χ2n) is 12.3. The van der Waals surface area contributed by atoms with Crippen molar-refractivity contribution in [3.05, 3.63) is 212 Å². The normalized spacial score (nSPS) is 11.5. The number of benzene rings is 7. The van der Waals surface area contributed by atoms with E-state index in [-0.39, 0.29) is 0 Å². The third-order valence-electron chi connectivity index (χ3n) is 9.16. The topological polar surface area (TPSA) is 6.48 Å². The summed E-state index contributed by atoms with van der Waals surface area (Å²) in [4.78, 5) is 4.59. The van der Waals surface area contributed by atoms with Crippen molar-refractivity contribution in [3.8, 4) is 22.3 Å². The molecule has 7 aromatic carbocycles. The molecule has 0 saturated heterocycles. The quantitative estimate of drug-likeness (QED) is 0.129. The van der Waals surface area contributed by atoms with Crippen molar-refractivity contribution < 1.29 is 0 Å². The first-order valence-corrected chi connectivity index (χ1v) is 17.1. The molecule has 7 rings (SSSR count). The average Bonchev–Trinajstić information content (AvgIpc) is 3.19. The Morgan fingerprint density at radius 3 is 1.56 bits per heavy atom. The Hall–Kier alpha value is -6.38. The molecule has 0 saturated carbocycles. The van der Waals surface area contributed by atoms with Gasteiger partial charge in [0.05, 0.1) is 0 Å². The SMILES string of the molecule is C=C/C=C(\C=C/CN(c1ccc(-c2ccccc2)cc1)c1ccc(-c2ccc(N(C)c3ccc4ccccc4c3)cc2)cc1)c1ccccc1. The van der Waals surface area contributed by atoms with Crippen LogP contribution >= 0.6 is 0 Å². The van der Waals surface area contributed by atoms with Crippen LogP contribution in [0.3, 0.4) is 0 Å². The van der Waals surface area contributed by atoms with Gasteiger partial charge < -0.3 is 9.80 Å². The van der Waals surface area contributed by atoms with Gasteiger partial charge in [-0.2, -0.15) is 0 Å². The maximum atomic E-state index is 3.94. The van der Waals surface area contributed by atoms with Gasteiger partial charge in [0.1, 0.15) is 0 Å². The molecule has 0 fully saturated rings. The average molecular weight is 645 g/mol. The highest BCUT2D eigenvalue weighted by Crippen LogP contribution is 2.33. The van der Waals surface area contributed by atoms with E-state index in [1.807, 2.05) is 12.1 Å². The monoisotopic (exact) mass is 644 g/mol. The van der Waals surface area contributed by atoms with Crippen LogP contribution in [0.4, 0.5) is 22.7 Å². The van der Waals surface area contributed by atoms with E-state index in [2.05, 4.69) is 212 Å². The van der Waals surface area contributed by atoms with Gasteiger partial charge in [-0.1, -0.05) is 158 Å². The van der Waals surface area contributed by atoms with Crippen LogP contribution in [0.5, 0.6) is 0 Å². The Morgan fingerprint density at radius 1 is 0.500 bits per heavy atom. The van der Waals surface area contributed by atoms with Gasteiger partial charge in [0, 0.05) is 36.3 Å². The van der Waals surface area contributed by atoms with Crippen molar-refractivity contribution in [1.29, 1.82) is 0 Å². The summed E-state index contributed by atoms with van der Waals surface area (Å²) in [7, 11) is 2.12. The summed E-state index contributed by atoms with van der Waals surface area (Å²) in [6.45, 7) is 4.65. The molecule has 0 N–H and O–H groups in total. The zero-order valence-corrected chi connectivity index (χ0v) is 28.4. The molecule has 0 aliphatic carbocycles. The summed E-state index contributed by atoms with van der Waals surface area (Å²) >= 11 is 0. The van der Waals surface area contributed by atoms with E-state index in [1.54, 1.807) is 0 Å². The van der Waals surface area contributed by atoms with Gasteiger partial charge in [-0.05, 0) is 92.7 Å². The zero-order valence-electron chi connectivity index (χ0n) is 28.4. The standard InChI is InChI=1S/C48H40N2/c1-3-13-37(38-14-6-4-7-15-38)20-12-35-50(46-30-23-41(24-31-46)39-16-8-5-9-17-39)47-32-25-43(26-33-47)42-21-28-45(29-22-42)49(2)48-34-27-40-18-10-11-19-44(40)36-48/h3-34,36H,1,35H2,2H3/b20-12-,37-13+. The van der Waals surface area contributed by atoms with E-state index in [9.17, 15) is 0 Å². The first-order chi connectivity index (χ1) is 24.7. The smallest absolute Gasteiger partial charge is 0.0415 e. The number of rotatable bonds is 11. The first kappa shape index (κ1) is 32.2. The lowest BCUT2D eigenvalue weighted by atomic mass is 10.0. The van der Waals surface area contributed by atoms with E-state index >= 15 is 0 Å². The molecule has 2 heteroatoms. The third kappa shape index (κ3) is 7.36. The second kappa shape index (κ2) is 15.2. The van der Waals surface area contributed by atoms with Crippen molar-refractivity contribution in [2.45, 2.75) is 0 Å². The number of allylic oxidation sites excluding steroid dienone is 4. The molecular formula is C48H40N2. The van der Waals surface area contributed by atoms with Gasteiger partial charge in [0.25, 0.3) is 0 Å². The summed E-state index contributed by atoms with van der Waals surface area (Å²) in [5.74, 6) is 0. The van der Waals surface area contributed by atoms with Gasteiger partial charge in [0.15, 0.2) is 0 Å². The fourth-order valence-electron chi connectivity index (χ4n) is 6.36. The van der Waals surface area contributed by atoms with Crippen molar-refractivity contribution in [2.24, 2.45) is 0 Å². The van der Waals surface area contributed by atoms with Crippen LogP contribution in [0.2, 0.25) is 0 Å². The molecule has 242 valence electrons. The van der Waals surface area contributed by atoms with Crippen LogP contribution in [0.15, 0.2) is 207 Å². The Kier molecular flexibility index (Phi) is 9.80. The maximum absolute atomic E-state index is 3.94. The minimum atomic E-state index is 0.709. The van der Waals surface area contributed by atoms with Crippen LogP contribution < -0.4 is 9.80 Å². The fourth-order valence-corrected chi connectivity index (χ4v) is 6.36. The van der Waals surface area contributed by atoms with Crippen molar-refractivity contribution in [2.75, 3.05) is 23.4 Å². The van der Waals surface area contributed by atoms with Gasteiger partial charge in [-0.3, -0.25) is 0 Å². The van der Waals surface area contributed by atoms with Gasteiger partial charge >= 0.3 is 0 Å². The Labute approximate surface area is 296 Å². The number of hydrogen-bond acceptors (Lipinski definition) is 2. The van der Waals surface area contributed by atoms with E-state index in [0.717, 1.165) is 22.6 Å². The summed E-state index contributed by atoms with van der Waals surface area (Å²) in [6, 6.07) is 62.6. The predicted molar refractivity (Wildman–Crippen MR) is 217 cm³/mol. The highest BCUT2D eigenvalue weighted by Gasteiger charge is 2.11. The number of anilines is 4. The summed E-state index contributed by atoms with van der Waals surface area (Å²) < 4.78 is 0. The van der Waals surface area contributed by atoms with Gasteiger partial charge in [0.2, 0.25) is 0 Å². The fraction of sp³-hybridized carbons (Fsp3) is 0.0417. The molecule has 2 nitrogen and oxygen atoms in total. The van der Waals surface area contributed by atoms with E-state index in [0.29, 0.717) is 6.54 Å². The summed E-state index contributed by atoms with van der Waals surface area (Å²) in [5, 5.41) is 2.50. The van der Waals surface area contributed by atoms with Gasteiger partial charge in [-0.15, -0.1) is 0 Å². The molecule has 0 spiro atoms. The molecule has 0 aromatic heterocycles. The molecule has 0 amide bonds. The molecule has 0 heterocycles. The van der Waals surface area contributed by atoms with Crippen LogP contribution in [0.25, 0.3) is 38.6 Å². The summed E-state index contributed by atoms with van der Waals surface area (Å²) in [5.41, 5.74) is 11.7. The molecule has 7 aromatic rings. The highest BCUT2D eigenvalue weighted by atomic mass is 15.1. The second-order valence-corrected chi connectivity index (χ2v) is 12.3. The van der Waals surface area contributed by atoms with Crippen LogP contribution in [0.1, 0.15) is 5.56 Å². The lowest BCUT2D eigenvalue weighted by Gasteiger charge is -2.24. The predicted octanol–water partition coefficient (Wildman–Crippen LogP) is 12.9. The molecule has 0 radical (unpaired) electrons. The minimum Gasteiger partial charge on any atom is -0.345 e. The van der Waals surface area contributed by atoms with Crippen molar-refractivity contribution in [1.82, 2.24) is 0 Å². The maximum Gasteiger partial charge on any atom is 0.0415 e. The Bertz CT molecular complexity index is 2230. The number of hydrogen-bond donors (Lipinski definition) is 0. The van der Waals surface area contributed by atoms with E-state index in [4.69, 9.17) is 0 Å². The summed E-state index contributed by atoms with van der Waals surface area (Å²) in [6.07, 6.45) is 8.32. The third-order valence-corrected chi connectivity index (χ3v) is 9.16. The zero-order chi connectivity index (χ0) is 34.1. The molecular weight excluding hydrogens is 605 g/mol. The van der Waals surface area contributed by atoms with Crippen molar-refractivity contribution in [3.63, 3.8) is 0 Å². The van der Waals surface area contributed by atoms with Crippen LogP contribution in [-0.4, -0.2) is 13.6 Å². The largest absolute Gasteiger partial charge is 0.345 e.